The van der Waals surface area contributed by atoms with Crippen molar-refractivity contribution in [1.29, 1.82) is 0 Å². The lowest BCUT2D eigenvalue weighted by atomic mass is 9.87. The third-order valence-corrected chi connectivity index (χ3v) is 4.14. The van der Waals surface area contributed by atoms with E-state index in [9.17, 15) is 4.79 Å². The molecule has 0 saturated carbocycles. The zero-order chi connectivity index (χ0) is 14.8. The Hall–Kier alpha value is -1.51. The smallest absolute Gasteiger partial charge is 0.224 e. The summed E-state index contributed by atoms with van der Waals surface area (Å²) in [5, 5.41) is 2.77. The van der Waals surface area contributed by atoms with Crippen molar-refractivity contribution >= 4 is 11.6 Å². The number of hydrogen-bond donors (Lipinski definition) is 1. The quantitative estimate of drug-likeness (QED) is 0.899. The number of hydrogen-bond acceptors (Lipinski definition) is 2. The number of rotatable bonds is 2. The molecule has 1 aromatic carbocycles. The van der Waals surface area contributed by atoms with Crippen LogP contribution in [0.15, 0.2) is 24.3 Å². The maximum Gasteiger partial charge on any atom is 0.224 e. The molecule has 1 N–H and O–H groups in total. The molecule has 0 aliphatic carbocycles. The van der Waals surface area contributed by atoms with E-state index in [4.69, 9.17) is 0 Å². The third kappa shape index (κ3) is 3.33. The van der Waals surface area contributed by atoms with Gasteiger partial charge in [0.2, 0.25) is 5.91 Å². The summed E-state index contributed by atoms with van der Waals surface area (Å²) in [7, 11) is 1.72. The van der Waals surface area contributed by atoms with Crippen LogP contribution in [-0.2, 0) is 10.2 Å². The summed E-state index contributed by atoms with van der Waals surface area (Å²) in [6.45, 7) is 8.55. The number of amides is 1. The second-order valence-corrected chi connectivity index (χ2v) is 6.70. The summed E-state index contributed by atoms with van der Waals surface area (Å²) in [4.78, 5) is 14.1. The molecular formula is C17H26N2O. The summed E-state index contributed by atoms with van der Waals surface area (Å²) in [6.07, 6.45) is 2.08. The van der Waals surface area contributed by atoms with E-state index in [1.165, 1.54) is 11.3 Å². The maximum atomic E-state index is 11.8. The average molecular weight is 274 g/mol. The van der Waals surface area contributed by atoms with Crippen LogP contribution in [0.2, 0.25) is 0 Å². The molecule has 0 unspecified atom stereocenters. The number of carbonyl (C=O) groups is 1. The largest absolute Gasteiger partial charge is 0.371 e. The number of anilines is 1. The van der Waals surface area contributed by atoms with Gasteiger partial charge in [0.15, 0.2) is 0 Å². The van der Waals surface area contributed by atoms with Crippen molar-refractivity contribution in [3.63, 3.8) is 0 Å². The van der Waals surface area contributed by atoms with E-state index in [1.54, 1.807) is 7.05 Å². The highest BCUT2D eigenvalue weighted by atomic mass is 16.1. The van der Waals surface area contributed by atoms with E-state index in [0.717, 1.165) is 25.9 Å². The molecular weight excluding hydrogens is 248 g/mol. The van der Waals surface area contributed by atoms with Crippen LogP contribution in [0.5, 0.6) is 0 Å². The molecule has 110 valence electrons. The van der Waals surface area contributed by atoms with E-state index in [1.807, 2.05) is 0 Å². The Morgan fingerprint density at radius 3 is 2.45 bits per heavy atom. The molecule has 1 atom stereocenters. The molecule has 1 amide bonds. The Kier molecular flexibility index (Phi) is 4.36. The van der Waals surface area contributed by atoms with E-state index in [-0.39, 0.29) is 17.2 Å². The van der Waals surface area contributed by atoms with Crippen molar-refractivity contribution in [3.8, 4) is 0 Å². The first-order valence-electron chi connectivity index (χ1n) is 7.49. The van der Waals surface area contributed by atoms with Gasteiger partial charge < -0.3 is 10.2 Å². The zero-order valence-corrected chi connectivity index (χ0v) is 13.1. The molecule has 1 aliphatic heterocycles. The first-order chi connectivity index (χ1) is 9.41. The summed E-state index contributed by atoms with van der Waals surface area (Å²) in [6, 6.07) is 8.79. The van der Waals surface area contributed by atoms with Crippen LogP contribution in [0.3, 0.4) is 0 Å². The fourth-order valence-corrected chi connectivity index (χ4v) is 2.80. The monoisotopic (exact) mass is 274 g/mol. The number of carbonyl (C=O) groups excluding carboxylic acids is 1. The van der Waals surface area contributed by atoms with Gasteiger partial charge in [0, 0.05) is 25.8 Å². The number of nitrogens with one attached hydrogen (secondary N) is 1. The van der Waals surface area contributed by atoms with E-state index >= 15 is 0 Å². The first-order valence-corrected chi connectivity index (χ1v) is 7.49. The van der Waals surface area contributed by atoms with Crippen molar-refractivity contribution in [2.45, 2.75) is 39.0 Å². The molecule has 0 aromatic heterocycles. The lowest BCUT2D eigenvalue weighted by Crippen LogP contribution is -2.42. The van der Waals surface area contributed by atoms with E-state index < -0.39 is 0 Å². The van der Waals surface area contributed by atoms with Crippen LogP contribution in [-0.4, -0.2) is 26.0 Å². The average Bonchev–Trinajstić information content (AvgIpc) is 2.46. The predicted octanol–water partition coefficient (Wildman–Crippen LogP) is 2.95. The van der Waals surface area contributed by atoms with E-state index in [2.05, 4.69) is 55.3 Å². The lowest BCUT2D eigenvalue weighted by Gasteiger charge is -2.34. The fourth-order valence-electron chi connectivity index (χ4n) is 2.80. The summed E-state index contributed by atoms with van der Waals surface area (Å²) >= 11 is 0. The predicted molar refractivity (Wildman–Crippen MR) is 84.1 cm³/mol. The van der Waals surface area contributed by atoms with Crippen LogP contribution in [0.25, 0.3) is 0 Å². The second kappa shape index (κ2) is 5.86. The van der Waals surface area contributed by atoms with Crippen LogP contribution >= 0.6 is 0 Å². The molecule has 1 saturated heterocycles. The Bertz CT molecular complexity index is 459. The molecule has 3 nitrogen and oxygen atoms in total. The SMILES string of the molecule is CNC(=O)[C@@H]1CCCN(c2ccc(C(C)(C)C)cc2)C1. The molecule has 0 radical (unpaired) electrons. The second-order valence-electron chi connectivity index (χ2n) is 6.70. The highest BCUT2D eigenvalue weighted by Gasteiger charge is 2.25. The summed E-state index contributed by atoms with van der Waals surface area (Å²) < 4.78 is 0. The van der Waals surface area contributed by atoms with Gasteiger partial charge in [0.1, 0.15) is 0 Å². The van der Waals surface area contributed by atoms with Crippen molar-refractivity contribution in [1.82, 2.24) is 5.32 Å². The molecule has 1 fully saturated rings. The van der Waals surface area contributed by atoms with Crippen molar-refractivity contribution in [3.05, 3.63) is 29.8 Å². The van der Waals surface area contributed by atoms with Gasteiger partial charge in [0.25, 0.3) is 0 Å². The van der Waals surface area contributed by atoms with Gasteiger partial charge in [-0.05, 0) is 36.0 Å². The lowest BCUT2D eigenvalue weighted by molar-refractivity contribution is -0.124. The number of benzene rings is 1. The Morgan fingerprint density at radius 2 is 1.90 bits per heavy atom. The van der Waals surface area contributed by atoms with Crippen molar-refractivity contribution < 1.29 is 4.79 Å². The minimum absolute atomic E-state index is 0.121. The van der Waals surface area contributed by atoms with Crippen molar-refractivity contribution in [2.24, 2.45) is 5.92 Å². The van der Waals surface area contributed by atoms with Crippen LogP contribution in [0, 0.1) is 5.92 Å². The van der Waals surface area contributed by atoms with Gasteiger partial charge >= 0.3 is 0 Å². The highest BCUT2D eigenvalue weighted by Crippen LogP contribution is 2.27. The Labute approximate surface area is 122 Å². The van der Waals surface area contributed by atoms with Crippen molar-refractivity contribution in [2.75, 3.05) is 25.0 Å². The topological polar surface area (TPSA) is 32.3 Å². The fraction of sp³-hybridized carbons (Fsp3) is 0.588. The van der Waals surface area contributed by atoms with Gasteiger partial charge in [0.05, 0.1) is 5.92 Å². The van der Waals surface area contributed by atoms with Crippen LogP contribution < -0.4 is 10.2 Å². The third-order valence-electron chi connectivity index (χ3n) is 4.14. The molecule has 1 aromatic rings. The molecule has 0 spiro atoms. The first kappa shape index (κ1) is 14.9. The van der Waals surface area contributed by atoms with Gasteiger partial charge in [-0.3, -0.25) is 4.79 Å². The summed E-state index contributed by atoms with van der Waals surface area (Å²) in [5.74, 6) is 0.289. The van der Waals surface area contributed by atoms with Gasteiger partial charge in [-0.2, -0.15) is 0 Å². The van der Waals surface area contributed by atoms with Crippen LogP contribution in [0.4, 0.5) is 5.69 Å². The Morgan fingerprint density at radius 1 is 1.25 bits per heavy atom. The van der Waals surface area contributed by atoms with Gasteiger partial charge in [-0.15, -0.1) is 0 Å². The standard InChI is InChI=1S/C17H26N2O/c1-17(2,3)14-7-9-15(10-8-14)19-11-5-6-13(12-19)16(20)18-4/h7-10,13H,5-6,11-12H2,1-4H3,(H,18,20)/t13-/m1/s1. The Balaban J connectivity index is 2.09. The molecule has 1 aliphatic rings. The molecule has 3 heteroatoms. The molecule has 0 bridgehead atoms. The minimum Gasteiger partial charge on any atom is -0.371 e. The summed E-state index contributed by atoms with van der Waals surface area (Å²) in [5.41, 5.74) is 2.76. The van der Waals surface area contributed by atoms with E-state index in [0.29, 0.717) is 0 Å². The molecule has 1 heterocycles. The zero-order valence-electron chi connectivity index (χ0n) is 13.1. The number of nitrogens with zero attached hydrogens (tertiary/aromatic N) is 1. The highest BCUT2D eigenvalue weighted by molar-refractivity contribution is 5.79. The maximum absolute atomic E-state index is 11.8. The molecule has 2 rings (SSSR count). The van der Waals surface area contributed by atoms with Crippen LogP contribution in [0.1, 0.15) is 39.2 Å². The normalized spacial score (nSPS) is 19.8. The minimum atomic E-state index is 0.121. The molecule has 20 heavy (non-hydrogen) atoms. The van der Waals surface area contributed by atoms with Gasteiger partial charge in [-0.25, -0.2) is 0 Å². The number of piperidine rings is 1. The van der Waals surface area contributed by atoms with Gasteiger partial charge in [-0.1, -0.05) is 32.9 Å².